The molecule has 1 aliphatic rings. The van der Waals surface area contributed by atoms with E-state index in [1.807, 2.05) is 12.1 Å². The second kappa shape index (κ2) is 6.24. The summed E-state index contributed by atoms with van der Waals surface area (Å²) in [7, 11) is 0. The van der Waals surface area contributed by atoms with Crippen molar-refractivity contribution in [2.24, 2.45) is 0 Å². The minimum Gasteiger partial charge on any atom is -0.399 e. The van der Waals surface area contributed by atoms with Crippen molar-refractivity contribution in [1.29, 1.82) is 0 Å². The number of benzene rings is 1. The van der Waals surface area contributed by atoms with Crippen LogP contribution in [-0.4, -0.2) is 23.5 Å². The zero-order valence-corrected chi connectivity index (χ0v) is 11.7. The molecule has 0 radical (unpaired) electrons. The van der Waals surface area contributed by atoms with Gasteiger partial charge in [0.1, 0.15) is 0 Å². The maximum Gasteiger partial charge on any atom is 0.0314 e. The molecule has 0 aromatic heterocycles. The molecular formula is C16H26N2. The van der Waals surface area contributed by atoms with E-state index in [1.165, 1.54) is 44.2 Å². The zero-order chi connectivity index (χ0) is 13.0. The summed E-state index contributed by atoms with van der Waals surface area (Å²) in [6.45, 7) is 5.93. The Morgan fingerprint density at radius 2 is 1.94 bits per heavy atom. The Balaban J connectivity index is 1.79. The van der Waals surface area contributed by atoms with E-state index in [0.29, 0.717) is 0 Å². The fourth-order valence-corrected chi connectivity index (χ4v) is 3.12. The fourth-order valence-electron chi connectivity index (χ4n) is 3.12. The number of nitrogens with zero attached hydrogens (tertiary/aromatic N) is 1. The Morgan fingerprint density at radius 1 is 1.22 bits per heavy atom. The number of nitrogens with two attached hydrogens (primary N) is 1. The maximum atomic E-state index is 5.70. The van der Waals surface area contributed by atoms with Gasteiger partial charge in [-0.15, -0.1) is 0 Å². The topological polar surface area (TPSA) is 29.3 Å². The molecule has 0 amide bonds. The lowest BCUT2D eigenvalue weighted by molar-refractivity contribution is 0.196. The molecular weight excluding hydrogens is 220 g/mol. The van der Waals surface area contributed by atoms with Crippen LogP contribution in [0.15, 0.2) is 24.3 Å². The molecule has 2 unspecified atom stereocenters. The van der Waals surface area contributed by atoms with Gasteiger partial charge in [0.05, 0.1) is 0 Å². The summed E-state index contributed by atoms with van der Waals surface area (Å²) in [6, 6.07) is 9.92. The molecule has 0 bridgehead atoms. The van der Waals surface area contributed by atoms with Crippen molar-refractivity contribution >= 4 is 5.69 Å². The number of rotatable bonds is 5. The van der Waals surface area contributed by atoms with Crippen LogP contribution in [0.4, 0.5) is 5.69 Å². The average Bonchev–Trinajstić information content (AvgIpc) is 2.73. The lowest BCUT2D eigenvalue weighted by Gasteiger charge is -2.27. The van der Waals surface area contributed by atoms with Crippen LogP contribution in [0.1, 0.15) is 45.1 Å². The molecule has 2 atom stereocenters. The van der Waals surface area contributed by atoms with E-state index >= 15 is 0 Å². The van der Waals surface area contributed by atoms with Crippen molar-refractivity contribution in [3.05, 3.63) is 29.8 Å². The van der Waals surface area contributed by atoms with E-state index in [4.69, 9.17) is 5.73 Å². The van der Waals surface area contributed by atoms with E-state index in [1.54, 1.807) is 0 Å². The Morgan fingerprint density at radius 3 is 2.61 bits per heavy atom. The van der Waals surface area contributed by atoms with Crippen LogP contribution in [0.25, 0.3) is 0 Å². The summed E-state index contributed by atoms with van der Waals surface area (Å²) in [6.07, 6.45) is 6.48. The van der Waals surface area contributed by atoms with Gasteiger partial charge in [0, 0.05) is 17.8 Å². The number of hydrogen-bond donors (Lipinski definition) is 1. The number of nitrogen functional groups attached to an aromatic ring is 1. The summed E-state index contributed by atoms with van der Waals surface area (Å²) in [4.78, 5) is 2.71. The number of hydrogen-bond acceptors (Lipinski definition) is 2. The minimum atomic E-state index is 0.779. The molecule has 1 fully saturated rings. The Hall–Kier alpha value is -1.02. The van der Waals surface area contributed by atoms with Gasteiger partial charge < -0.3 is 5.73 Å². The lowest BCUT2D eigenvalue weighted by atomic mass is 10.1. The molecule has 2 nitrogen and oxygen atoms in total. The van der Waals surface area contributed by atoms with E-state index in [0.717, 1.165) is 17.8 Å². The van der Waals surface area contributed by atoms with Gasteiger partial charge in [-0.2, -0.15) is 0 Å². The smallest absolute Gasteiger partial charge is 0.0314 e. The Bertz CT molecular complexity index is 358. The van der Waals surface area contributed by atoms with Crippen LogP contribution in [-0.2, 0) is 6.42 Å². The molecule has 0 aliphatic carbocycles. The highest BCUT2D eigenvalue weighted by Crippen LogP contribution is 2.26. The van der Waals surface area contributed by atoms with E-state index < -0.39 is 0 Å². The molecule has 2 rings (SSSR count). The molecule has 1 aromatic carbocycles. The highest BCUT2D eigenvalue weighted by atomic mass is 15.2. The van der Waals surface area contributed by atoms with Crippen molar-refractivity contribution in [3.63, 3.8) is 0 Å². The molecule has 1 saturated heterocycles. The molecule has 100 valence electrons. The first-order valence-electron chi connectivity index (χ1n) is 7.31. The average molecular weight is 246 g/mol. The lowest BCUT2D eigenvalue weighted by Crippen LogP contribution is -2.35. The molecule has 1 aliphatic heterocycles. The maximum absolute atomic E-state index is 5.70. The largest absolute Gasteiger partial charge is 0.399 e. The molecule has 2 N–H and O–H groups in total. The minimum absolute atomic E-state index is 0.779. The summed E-state index contributed by atoms with van der Waals surface area (Å²) < 4.78 is 0. The highest BCUT2D eigenvalue weighted by molar-refractivity contribution is 5.39. The van der Waals surface area contributed by atoms with Crippen molar-refractivity contribution in [1.82, 2.24) is 4.90 Å². The van der Waals surface area contributed by atoms with Crippen molar-refractivity contribution in [2.45, 2.75) is 58.0 Å². The summed E-state index contributed by atoms with van der Waals surface area (Å²) in [5, 5.41) is 0. The van der Waals surface area contributed by atoms with Gasteiger partial charge in [0.15, 0.2) is 0 Å². The van der Waals surface area contributed by atoms with Crippen molar-refractivity contribution < 1.29 is 0 Å². The number of likely N-dealkylation sites (tertiary alicyclic amines) is 1. The van der Waals surface area contributed by atoms with Crippen LogP contribution in [0.5, 0.6) is 0 Å². The predicted molar refractivity (Wildman–Crippen MR) is 78.7 cm³/mol. The Labute approximate surface area is 111 Å². The van der Waals surface area contributed by atoms with Gasteiger partial charge in [-0.1, -0.05) is 19.1 Å². The molecule has 0 saturated carbocycles. The van der Waals surface area contributed by atoms with Gasteiger partial charge in [0.2, 0.25) is 0 Å². The molecule has 1 heterocycles. The SMILES string of the molecule is CCC1CCC(C)N1CCCc1ccc(N)cc1. The summed E-state index contributed by atoms with van der Waals surface area (Å²) >= 11 is 0. The number of aryl methyl sites for hydroxylation is 1. The van der Waals surface area contributed by atoms with Crippen LogP contribution >= 0.6 is 0 Å². The van der Waals surface area contributed by atoms with Gasteiger partial charge >= 0.3 is 0 Å². The van der Waals surface area contributed by atoms with Crippen LogP contribution in [0, 0.1) is 0 Å². The van der Waals surface area contributed by atoms with E-state index in [-0.39, 0.29) is 0 Å². The van der Waals surface area contributed by atoms with Gasteiger partial charge in [-0.05, 0) is 63.3 Å². The molecule has 2 heteroatoms. The zero-order valence-electron chi connectivity index (χ0n) is 11.7. The van der Waals surface area contributed by atoms with E-state index in [9.17, 15) is 0 Å². The summed E-state index contributed by atoms with van der Waals surface area (Å²) in [5.41, 5.74) is 7.97. The number of anilines is 1. The van der Waals surface area contributed by atoms with Crippen molar-refractivity contribution in [2.75, 3.05) is 12.3 Å². The highest BCUT2D eigenvalue weighted by Gasteiger charge is 2.28. The van der Waals surface area contributed by atoms with Gasteiger partial charge in [-0.25, -0.2) is 0 Å². The summed E-state index contributed by atoms with van der Waals surface area (Å²) in [5.74, 6) is 0. The first-order valence-corrected chi connectivity index (χ1v) is 7.31. The molecule has 18 heavy (non-hydrogen) atoms. The van der Waals surface area contributed by atoms with Crippen LogP contribution in [0.3, 0.4) is 0 Å². The third-order valence-corrected chi connectivity index (χ3v) is 4.29. The van der Waals surface area contributed by atoms with Gasteiger partial charge in [0.25, 0.3) is 0 Å². The van der Waals surface area contributed by atoms with Crippen LogP contribution < -0.4 is 5.73 Å². The molecule has 1 aromatic rings. The van der Waals surface area contributed by atoms with Gasteiger partial charge in [-0.3, -0.25) is 4.90 Å². The normalized spacial score (nSPS) is 24.6. The second-order valence-corrected chi connectivity index (χ2v) is 5.57. The second-order valence-electron chi connectivity index (χ2n) is 5.57. The van der Waals surface area contributed by atoms with Crippen LogP contribution in [0.2, 0.25) is 0 Å². The van der Waals surface area contributed by atoms with Crippen molar-refractivity contribution in [3.8, 4) is 0 Å². The monoisotopic (exact) mass is 246 g/mol. The Kier molecular flexibility index (Phi) is 4.65. The third-order valence-electron chi connectivity index (χ3n) is 4.29. The van der Waals surface area contributed by atoms with E-state index in [2.05, 4.69) is 30.9 Å². The first kappa shape index (κ1) is 13.4. The standard InChI is InChI=1S/C16H26N2/c1-3-16-11-6-13(2)18(16)12-4-5-14-7-9-15(17)10-8-14/h7-10,13,16H,3-6,11-12,17H2,1-2H3. The first-order chi connectivity index (χ1) is 8.70. The molecule has 0 spiro atoms. The third kappa shape index (κ3) is 3.26. The predicted octanol–water partition coefficient (Wildman–Crippen LogP) is 3.46. The quantitative estimate of drug-likeness (QED) is 0.806. The fraction of sp³-hybridized carbons (Fsp3) is 0.625.